The summed E-state index contributed by atoms with van der Waals surface area (Å²) in [5, 5.41) is 2.60. The van der Waals surface area contributed by atoms with E-state index >= 15 is 0 Å². The number of carbonyl (C=O) groups is 2. The fourth-order valence-electron chi connectivity index (χ4n) is 1.54. The number of hydrogen-bond acceptors (Lipinski definition) is 2. The predicted octanol–water partition coefficient (Wildman–Crippen LogP) is 2.23. The van der Waals surface area contributed by atoms with E-state index in [0.29, 0.717) is 17.5 Å². The third-order valence-corrected chi connectivity index (χ3v) is 2.61. The van der Waals surface area contributed by atoms with Gasteiger partial charge in [-0.05, 0) is 37.6 Å². The Morgan fingerprint density at radius 1 is 1.41 bits per heavy atom. The van der Waals surface area contributed by atoms with E-state index in [1.165, 1.54) is 18.2 Å². The second-order valence-corrected chi connectivity index (χ2v) is 3.97. The van der Waals surface area contributed by atoms with Crippen LogP contribution in [0.1, 0.15) is 36.2 Å². The summed E-state index contributed by atoms with van der Waals surface area (Å²) in [6.07, 6.45) is 0.379. The first-order chi connectivity index (χ1) is 7.95. The van der Waals surface area contributed by atoms with Gasteiger partial charge in [-0.3, -0.25) is 9.59 Å². The van der Waals surface area contributed by atoms with Crippen LogP contribution in [-0.4, -0.2) is 17.7 Å². The molecule has 0 aromatic heterocycles. The highest BCUT2D eigenvalue weighted by atomic mass is 19.1. The molecule has 0 bridgehead atoms. The topological polar surface area (TPSA) is 46.2 Å². The Hall–Kier alpha value is -1.71. The first-order valence-corrected chi connectivity index (χ1v) is 5.55. The third-order valence-electron chi connectivity index (χ3n) is 2.61. The van der Waals surface area contributed by atoms with Crippen molar-refractivity contribution in [3.05, 3.63) is 35.1 Å². The van der Waals surface area contributed by atoms with Crippen molar-refractivity contribution in [3.8, 4) is 0 Å². The van der Waals surface area contributed by atoms with Crippen LogP contribution in [0.3, 0.4) is 0 Å². The van der Waals surface area contributed by atoms with Crippen molar-refractivity contribution in [1.82, 2.24) is 5.32 Å². The summed E-state index contributed by atoms with van der Waals surface area (Å²) < 4.78 is 12.9. The first kappa shape index (κ1) is 13.4. The van der Waals surface area contributed by atoms with E-state index in [4.69, 9.17) is 0 Å². The molecule has 0 fully saturated rings. The van der Waals surface area contributed by atoms with Crippen LogP contribution >= 0.6 is 0 Å². The molecule has 92 valence electrons. The fraction of sp³-hybridized carbons (Fsp3) is 0.385. The van der Waals surface area contributed by atoms with Crippen molar-refractivity contribution in [3.63, 3.8) is 0 Å². The maximum Gasteiger partial charge on any atom is 0.252 e. The van der Waals surface area contributed by atoms with Crippen LogP contribution in [0, 0.1) is 12.7 Å². The summed E-state index contributed by atoms with van der Waals surface area (Å²) in [6.45, 7) is 5.04. The highest BCUT2D eigenvalue weighted by molar-refractivity contribution is 5.98. The number of rotatable bonds is 4. The molecular formula is C13H16FNO2. The Kier molecular flexibility index (Phi) is 4.37. The molecule has 0 heterocycles. The molecule has 0 aliphatic rings. The lowest BCUT2D eigenvalue weighted by molar-refractivity contribution is -0.120. The number of amides is 1. The van der Waals surface area contributed by atoms with Gasteiger partial charge in [0.2, 0.25) is 0 Å². The van der Waals surface area contributed by atoms with E-state index < -0.39 is 6.04 Å². The Morgan fingerprint density at radius 3 is 2.59 bits per heavy atom. The number of hydrogen-bond donors (Lipinski definition) is 1. The molecule has 0 spiro atoms. The molecule has 3 nitrogen and oxygen atoms in total. The van der Waals surface area contributed by atoms with E-state index in [2.05, 4.69) is 5.32 Å². The SMILES string of the molecule is CCC(=O)C(C)NC(=O)c1ccc(F)cc1C. The van der Waals surface area contributed by atoms with E-state index in [1.54, 1.807) is 20.8 Å². The Morgan fingerprint density at radius 2 is 2.06 bits per heavy atom. The first-order valence-electron chi connectivity index (χ1n) is 5.55. The van der Waals surface area contributed by atoms with Crippen LogP contribution in [0.4, 0.5) is 4.39 Å². The summed E-state index contributed by atoms with van der Waals surface area (Å²) in [7, 11) is 0. The standard InChI is InChI=1S/C13H16FNO2/c1-4-12(16)9(3)15-13(17)11-6-5-10(14)7-8(11)2/h5-7,9H,4H2,1-3H3,(H,15,17). The predicted molar refractivity (Wildman–Crippen MR) is 63.4 cm³/mol. The van der Waals surface area contributed by atoms with Gasteiger partial charge in [0, 0.05) is 12.0 Å². The van der Waals surface area contributed by atoms with Gasteiger partial charge in [0.15, 0.2) is 5.78 Å². The number of Topliss-reactive ketones (excluding diaryl/α,β-unsaturated/α-hetero) is 1. The second kappa shape index (κ2) is 5.57. The van der Waals surface area contributed by atoms with Gasteiger partial charge < -0.3 is 5.32 Å². The van der Waals surface area contributed by atoms with Gasteiger partial charge in [-0.25, -0.2) is 4.39 Å². The molecule has 1 amide bonds. The molecule has 0 saturated carbocycles. The summed E-state index contributed by atoms with van der Waals surface area (Å²) in [5.41, 5.74) is 0.945. The molecular weight excluding hydrogens is 221 g/mol. The van der Waals surface area contributed by atoms with Gasteiger partial charge >= 0.3 is 0 Å². The van der Waals surface area contributed by atoms with Gasteiger partial charge in [-0.2, -0.15) is 0 Å². The molecule has 1 aromatic rings. The van der Waals surface area contributed by atoms with Crippen molar-refractivity contribution in [1.29, 1.82) is 0 Å². The van der Waals surface area contributed by atoms with Gasteiger partial charge in [0.05, 0.1) is 6.04 Å². The Balaban J connectivity index is 2.80. The number of nitrogens with one attached hydrogen (secondary N) is 1. The number of carbonyl (C=O) groups excluding carboxylic acids is 2. The molecule has 0 radical (unpaired) electrons. The molecule has 1 aromatic carbocycles. The fourth-order valence-corrected chi connectivity index (χ4v) is 1.54. The van der Waals surface area contributed by atoms with Crippen LogP contribution in [0.15, 0.2) is 18.2 Å². The summed E-state index contributed by atoms with van der Waals surface area (Å²) in [6, 6.07) is 3.43. The average molecular weight is 237 g/mol. The van der Waals surface area contributed by atoms with Crippen LogP contribution in [0.25, 0.3) is 0 Å². The molecule has 17 heavy (non-hydrogen) atoms. The molecule has 0 aliphatic heterocycles. The molecule has 1 N–H and O–H groups in total. The van der Waals surface area contributed by atoms with Crippen LogP contribution < -0.4 is 5.32 Å². The third kappa shape index (κ3) is 3.37. The molecule has 4 heteroatoms. The maximum absolute atomic E-state index is 12.9. The highest BCUT2D eigenvalue weighted by Gasteiger charge is 2.16. The molecule has 1 unspecified atom stereocenters. The van der Waals surface area contributed by atoms with Gasteiger partial charge in [-0.1, -0.05) is 6.92 Å². The smallest absolute Gasteiger partial charge is 0.252 e. The zero-order valence-corrected chi connectivity index (χ0v) is 10.2. The minimum Gasteiger partial charge on any atom is -0.343 e. The van der Waals surface area contributed by atoms with E-state index in [-0.39, 0.29) is 17.5 Å². The average Bonchev–Trinajstić information content (AvgIpc) is 2.27. The van der Waals surface area contributed by atoms with Crippen LogP contribution in [-0.2, 0) is 4.79 Å². The Bertz CT molecular complexity index is 443. The highest BCUT2D eigenvalue weighted by Crippen LogP contribution is 2.10. The monoisotopic (exact) mass is 237 g/mol. The summed E-state index contributed by atoms with van der Waals surface area (Å²) in [4.78, 5) is 23.2. The number of aryl methyl sites for hydroxylation is 1. The van der Waals surface area contributed by atoms with Crippen LogP contribution in [0.2, 0.25) is 0 Å². The number of ketones is 1. The minimum absolute atomic E-state index is 0.0295. The quantitative estimate of drug-likeness (QED) is 0.872. The van der Waals surface area contributed by atoms with Gasteiger partial charge in [0.25, 0.3) is 5.91 Å². The van der Waals surface area contributed by atoms with Crippen LogP contribution in [0.5, 0.6) is 0 Å². The lowest BCUT2D eigenvalue weighted by Gasteiger charge is -2.13. The van der Waals surface area contributed by atoms with E-state index in [1.807, 2.05) is 0 Å². The summed E-state index contributed by atoms with van der Waals surface area (Å²) >= 11 is 0. The molecule has 0 aliphatic carbocycles. The van der Waals surface area contributed by atoms with Gasteiger partial charge in [-0.15, -0.1) is 0 Å². The van der Waals surface area contributed by atoms with Gasteiger partial charge in [0.1, 0.15) is 5.82 Å². The van der Waals surface area contributed by atoms with Crippen molar-refractivity contribution < 1.29 is 14.0 Å². The number of benzene rings is 1. The van der Waals surface area contributed by atoms with Crippen molar-refractivity contribution >= 4 is 11.7 Å². The van der Waals surface area contributed by atoms with Crippen molar-refractivity contribution in [2.75, 3.05) is 0 Å². The number of halogens is 1. The minimum atomic E-state index is -0.517. The maximum atomic E-state index is 12.9. The Labute approximate surface area is 100 Å². The van der Waals surface area contributed by atoms with Crippen molar-refractivity contribution in [2.45, 2.75) is 33.2 Å². The summed E-state index contributed by atoms with van der Waals surface area (Å²) in [5.74, 6) is -0.758. The second-order valence-electron chi connectivity index (χ2n) is 3.97. The molecule has 1 atom stereocenters. The molecule has 1 rings (SSSR count). The van der Waals surface area contributed by atoms with E-state index in [9.17, 15) is 14.0 Å². The normalized spacial score (nSPS) is 12.0. The zero-order valence-electron chi connectivity index (χ0n) is 10.2. The zero-order chi connectivity index (χ0) is 13.0. The van der Waals surface area contributed by atoms with E-state index in [0.717, 1.165) is 0 Å². The largest absolute Gasteiger partial charge is 0.343 e. The molecule has 0 saturated heterocycles. The lowest BCUT2D eigenvalue weighted by atomic mass is 10.1. The lowest BCUT2D eigenvalue weighted by Crippen LogP contribution is -2.38. The van der Waals surface area contributed by atoms with Crippen molar-refractivity contribution in [2.24, 2.45) is 0 Å².